The lowest BCUT2D eigenvalue weighted by atomic mass is 10.1. The van der Waals surface area contributed by atoms with Gasteiger partial charge in [-0.2, -0.15) is 0 Å². The van der Waals surface area contributed by atoms with Crippen LogP contribution in [0.15, 0.2) is 42.5 Å². The summed E-state index contributed by atoms with van der Waals surface area (Å²) in [5.41, 5.74) is 2.98. The Balaban J connectivity index is 1.99. The van der Waals surface area contributed by atoms with E-state index >= 15 is 0 Å². The molecular formula is C20H23NO5. The Bertz CT molecular complexity index is 768. The van der Waals surface area contributed by atoms with Gasteiger partial charge in [0.05, 0.1) is 12.7 Å². The Morgan fingerprint density at radius 2 is 1.81 bits per heavy atom. The van der Waals surface area contributed by atoms with Crippen molar-refractivity contribution in [1.82, 2.24) is 0 Å². The standard InChI is InChI=1S/C20H23NO5/c1-13(2)25-11-15-4-6-16(7-5-15)20(24)21-18-9-8-17(10-14(18)3)26-12-19(22)23/h4-10,13H,11-12H2,1-3H3,(H,21,24)(H,22,23). The van der Waals surface area contributed by atoms with E-state index in [4.69, 9.17) is 14.6 Å². The molecule has 6 heteroatoms. The highest BCUT2D eigenvalue weighted by Crippen LogP contribution is 2.22. The number of ether oxygens (including phenoxy) is 2. The summed E-state index contributed by atoms with van der Waals surface area (Å²) >= 11 is 0. The number of benzene rings is 2. The number of hydrogen-bond acceptors (Lipinski definition) is 4. The van der Waals surface area contributed by atoms with Crippen LogP contribution in [0.5, 0.6) is 5.75 Å². The first-order valence-electron chi connectivity index (χ1n) is 8.32. The van der Waals surface area contributed by atoms with Gasteiger partial charge in [-0.1, -0.05) is 12.1 Å². The number of carboxylic acid groups (broad SMARTS) is 1. The normalized spacial score (nSPS) is 10.6. The SMILES string of the molecule is Cc1cc(OCC(=O)O)ccc1NC(=O)c1ccc(COC(C)C)cc1. The monoisotopic (exact) mass is 357 g/mol. The zero-order chi connectivity index (χ0) is 19.1. The van der Waals surface area contributed by atoms with Gasteiger partial charge in [0, 0.05) is 11.3 Å². The number of aliphatic carboxylic acids is 1. The third-order valence-corrected chi connectivity index (χ3v) is 3.61. The fourth-order valence-electron chi connectivity index (χ4n) is 2.22. The van der Waals surface area contributed by atoms with Crippen LogP contribution in [0.4, 0.5) is 5.69 Å². The van der Waals surface area contributed by atoms with Gasteiger partial charge < -0.3 is 19.9 Å². The minimum absolute atomic E-state index is 0.156. The molecule has 0 aromatic heterocycles. The van der Waals surface area contributed by atoms with Crippen LogP contribution in [0.1, 0.15) is 35.3 Å². The topological polar surface area (TPSA) is 84.9 Å². The van der Waals surface area contributed by atoms with E-state index in [1.54, 1.807) is 30.3 Å². The van der Waals surface area contributed by atoms with Crippen molar-refractivity contribution in [2.24, 2.45) is 0 Å². The fraction of sp³-hybridized carbons (Fsp3) is 0.300. The number of amides is 1. The van der Waals surface area contributed by atoms with Crippen LogP contribution in [0.2, 0.25) is 0 Å². The molecule has 2 N–H and O–H groups in total. The highest BCUT2D eigenvalue weighted by atomic mass is 16.5. The van der Waals surface area contributed by atoms with Gasteiger partial charge in [-0.25, -0.2) is 4.79 Å². The summed E-state index contributed by atoms with van der Waals surface area (Å²) in [6.07, 6.45) is 0.156. The number of carbonyl (C=O) groups is 2. The molecule has 0 fully saturated rings. The van der Waals surface area contributed by atoms with Crippen molar-refractivity contribution in [3.8, 4) is 5.75 Å². The van der Waals surface area contributed by atoms with Gasteiger partial charge in [-0.15, -0.1) is 0 Å². The van der Waals surface area contributed by atoms with Crippen LogP contribution in [-0.4, -0.2) is 29.7 Å². The van der Waals surface area contributed by atoms with Crippen LogP contribution in [0.25, 0.3) is 0 Å². The maximum absolute atomic E-state index is 12.4. The number of carbonyl (C=O) groups excluding carboxylic acids is 1. The third-order valence-electron chi connectivity index (χ3n) is 3.61. The second-order valence-electron chi connectivity index (χ2n) is 6.17. The van der Waals surface area contributed by atoms with Gasteiger partial charge in [0.1, 0.15) is 5.75 Å². The first kappa shape index (κ1) is 19.5. The zero-order valence-corrected chi connectivity index (χ0v) is 15.1. The minimum Gasteiger partial charge on any atom is -0.482 e. The molecule has 2 aromatic carbocycles. The Kier molecular flexibility index (Phi) is 6.74. The molecule has 0 aliphatic rings. The van der Waals surface area contributed by atoms with Gasteiger partial charge >= 0.3 is 5.97 Å². The van der Waals surface area contributed by atoms with E-state index in [-0.39, 0.29) is 12.0 Å². The molecular weight excluding hydrogens is 334 g/mol. The van der Waals surface area contributed by atoms with Gasteiger partial charge in [0.25, 0.3) is 5.91 Å². The fourth-order valence-corrected chi connectivity index (χ4v) is 2.22. The molecule has 0 unspecified atom stereocenters. The van der Waals surface area contributed by atoms with E-state index in [1.165, 1.54) is 0 Å². The Morgan fingerprint density at radius 1 is 1.12 bits per heavy atom. The molecule has 0 atom stereocenters. The van der Waals surface area contributed by atoms with Crippen molar-refractivity contribution >= 4 is 17.6 Å². The van der Waals surface area contributed by atoms with Gasteiger partial charge in [-0.05, 0) is 62.2 Å². The number of carboxylic acids is 1. The van der Waals surface area contributed by atoms with Crippen molar-refractivity contribution in [3.05, 3.63) is 59.2 Å². The number of aryl methyl sites for hydroxylation is 1. The zero-order valence-electron chi connectivity index (χ0n) is 15.1. The number of nitrogens with one attached hydrogen (secondary N) is 1. The highest BCUT2D eigenvalue weighted by Gasteiger charge is 2.09. The summed E-state index contributed by atoms with van der Waals surface area (Å²) in [5, 5.41) is 11.5. The van der Waals surface area contributed by atoms with Crippen LogP contribution in [0.3, 0.4) is 0 Å². The molecule has 2 aromatic rings. The summed E-state index contributed by atoms with van der Waals surface area (Å²) in [6, 6.07) is 12.3. The summed E-state index contributed by atoms with van der Waals surface area (Å²) in [4.78, 5) is 22.9. The van der Waals surface area contributed by atoms with Crippen molar-refractivity contribution in [1.29, 1.82) is 0 Å². The van der Waals surface area contributed by atoms with Gasteiger partial charge in [0.2, 0.25) is 0 Å². The third kappa shape index (κ3) is 5.89. The lowest BCUT2D eigenvalue weighted by Gasteiger charge is -2.11. The molecule has 1 amide bonds. The largest absolute Gasteiger partial charge is 0.482 e. The summed E-state index contributed by atoms with van der Waals surface area (Å²) in [6.45, 7) is 5.87. The van der Waals surface area contributed by atoms with E-state index in [0.717, 1.165) is 11.1 Å². The average molecular weight is 357 g/mol. The summed E-state index contributed by atoms with van der Waals surface area (Å²) in [5.74, 6) is -0.816. The molecule has 0 spiro atoms. The molecule has 0 radical (unpaired) electrons. The summed E-state index contributed by atoms with van der Waals surface area (Å²) in [7, 11) is 0. The molecule has 0 saturated heterocycles. The Hall–Kier alpha value is -2.86. The van der Waals surface area contributed by atoms with Crippen molar-refractivity contribution in [2.75, 3.05) is 11.9 Å². The van der Waals surface area contributed by atoms with Crippen LogP contribution in [-0.2, 0) is 16.1 Å². The Labute approximate surface area is 152 Å². The molecule has 0 aliphatic carbocycles. The molecule has 0 saturated carbocycles. The highest BCUT2D eigenvalue weighted by molar-refractivity contribution is 6.04. The molecule has 0 aliphatic heterocycles. The molecule has 0 bridgehead atoms. The summed E-state index contributed by atoms with van der Waals surface area (Å²) < 4.78 is 10.7. The van der Waals surface area contributed by atoms with Crippen molar-refractivity contribution in [3.63, 3.8) is 0 Å². The lowest BCUT2D eigenvalue weighted by Crippen LogP contribution is -2.13. The predicted octanol–water partition coefficient (Wildman–Crippen LogP) is 3.64. The maximum atomic E-state index is 12.4. The maximum Gasteiger partial charge on any atom is 0.341 e. The average Bonchev–Trinajstić information content (AvgIpc) is 2.60. The minimum atomic E-state index is -1.04. The van der Waals surface area contributed by atoms with Crippen molar-refractivity contribution in [2.45, 2.75) is 33.5 Å². The molecule has 0 heterocycles. The Morgan fingerprint density at radius 3 is 2.38 bits per heavy atom. The van der Waals surface area contributed by atoms with Gasteiger partial charge in [0.15, 0.2) is 6.61 Å². The first-order valence-corrected chi connectivity index (χ1v) is 8.32. The number of rotatable bonds is 8. The quantitative estimate of drug-likeness (QED) is 0.753. The van der Waals surface area contributed by atoms with E-state index in [9.17, 15) is 9.59 Å². The second-order valence-corrected chi connectivity index (χ2v) is 6.17. The van der Waals surface area contributed by atoms with Gasteiger partial charge in [-0.3, -0.25) is 4.79 Å². The van der Waals surface area contributed by atoms with Crippen LogP contribution in [0, 0.1) is 6.92 Å². The second kappa shape index (κ2) is 9.01. The number of anilines is 1. The van der Waals surface area contributed by atoms with E-state index < -0.39 is 12.6 Å². The molecule has 6 nitrogen and oxygen atoms in total. The smallest absolute Gasteiger partial charge is 0.341 e. The molecule has 138 valence electrons. The first-order chi connectivity index (χ1) is 12.3. The van der Waals surface area contributed by atoms with Crippen molar-refractivity contribution < 1.29 is 24.2 Å². The van der Waals surface area contributed by atoms with E-state index in [0.29, 0.717) is 23.6 Å². The predicted molar refractivity (Wildman–Crippen MR) is 98.6 cm³/mol. The van der Waals surface area contributed by atoms with E-state index in [2.05, 4.69) is 5.32 Å². The number of hydrogen-bond donors (Lipinski definition) is 2. The van der Waals surface area contributed by atoms with Crippen LogP contribution >= 0.6 is 0 Å². The molecule has 26 heavy (non-hydrogen) atoms. The van der Waals surface area contributed by atoms with Crippen LogP contribution < -0.4 is 10.1 Å². The lowest BCUT2D eigenvalue weighted by molar-refractivity contribution is -0.139. The molecule has 2 rings (SSSR count). The van der Waals surface area contributed by atoms with E-state index in [1.807, 2.05) is 32.9 Å².